The maximum Gasteiger partial charge on any atom is 0.221 e. The molecule has 2 heterocycles. The largest absolute Gasteiger partial charge is 0.369 e. The maximum atomic E-state index is 14.9. The maximum absolute atomic E-state index is 14.9. The van der Waals surface area contributed by atoms with Crippen LogP contribution in [0.25, 0.3) is 10.9 Å². The van der Waals surface area contributed by atoms with E-state index in [0.717, 1.165) is 41.7 Å². The summed E-state index contributed by atoms with van der Waals surface area (Å²) in [5.74, 6) is -0.762. The summed E-state index contributed by atoms with van der Waals surface area (Å²) in [6.07, 6.45) is 1.02. The summed E-state index contributed by atoms with van der Waals surface area (Å²) >= 11 is 0. The molecule has 5 nitrogen and oxygen atoms in total. The molecule has 0 unspecified atom stereocenters. The minimum atomic E-state index is -0.461. The summed E-state index contributed by atoms with van der Waals surface area (Å²) < 4.78 is 14.9. The molecule has 0 spiro atoms. The number of carbonyl (C=O) groups is 1. The van der Waals surface area contributed by atoms with Gasteiger partial charge >= 0.3 is 0 Å². The summed E-state index contributed by atoms with van der Waals surface area (Å²) in [6, 6.07) is 1.71. The van der Waals surface area contributed by atoms with E-state index in [4.69, 9.17) is 5.73 Å². The summed E-state index contributed by atoms with van der Waals surface area (Å²) in [7, 11) is 1.94. The summed E-state index contributed by atoms with van der Waals surface area (Å²) in [5.41, 5.74) is 9.34. The van der Waals surface area contributed by atoms with Gasteiger partial charge in [0, 0.05) is 30.7 Å². The number of hydrogen-bond acceptors (Lipinski definition) is 3. The second kappa shape index (κ2) is 5.85. The van der Waals surface area contributed by atoms with Crippen LogP contribution in [0.3, 0.4) is 0 Å². The molecule has 2 aromatic rings. The quantitative estimate of drug-likeness (QED) is 0.804. The number of amides is 1. The van der Waals surface area contributed by atoms with E-state index in [-0.39, 0.29) is 18.3 Å². The van der Waals surface area contributed by atoms with E-state index in [1.165, 1.54) is 6.07 Å². The molecule has 6 heteroatoms. The van der Waals surface area contributed by atoms with Crippen LogP contribution in [0.1, 0.15) is 23.2 Å². The third-order valence-corrected chi connectivity index (χ3v) is 4.88. The molecule has 0 saturated carbocycles. The van der Waals surface area contributed by atoms with Crippen molar-refractivity contribution < 1.29 is 9.18 Å². The molecule has 0 radical (unpaired) electrons. The van der Waals surface area contributed by atoms with Crippen molar-refractivity contribution in [1.29, 1.82) is 0 Å². The van der Waals surface area contributed by atoms with Gasteiger partial charge in [-0.3, -0.25) is 4.79 Å². The van der Waals surface area contributed by atoms with Crippen molar-refractivity contribution in [3.05, 3.63) is 28.7 Å². The highest BCUT2D eigenvalue weighted by Gasteiger charge is 2.26. The fourth-order valence-electron chi connectivity index (χ4n) is 3.49. The standard InChI is InChI=1S/C17H23FN4O/c1-9-10(2)21-16-11(7-14(19)23)6-13(18)17(15(9)16)22(3)12-4-5-20-8-12/h6,12,20-21H,4-5,7-8H2,1-3H3,(H2,19,23)/t12-/m0/s1. The van der Waals surface area contributed by atoms with E-state index >= 15 is 0 Å². The number of nitrogens with zero attached hydrogens (tertiary/aromatic N) is 1. The van der Waals surface area contributed by atoms with Crippen molar-refractivity contribution in [1.82, 2.24) is 10.3 Å². The molecule has 1 aliphatic heterocycles. The van der Waals surface area contributed by atoms with Crippen molar-refractivity contribution >= 4 is 22.5 Å². The average Bonchev–Trinajstić information content (AvgIpc) is 3.09. The molecular weight excluding hydrogens is 295 g/mol. The first-order chi connectivity index (χ1) is 10.9. The Labute approximate surface area is 135 Å². The zero-order valence-electron chi connectivity index (χ0n) is 13.8. The molecule has 4 N–H and O–H groups in total. The third kappa shape index (κ3) is 2.67. The Morgan fingerprint density at radius 3 is 2.83 bits per heavy atom. The summed E-state index contributed by atoms with van der Waals surface area (Å²) in [6.45, 7) is 5.74. The van der Waals surface area contributed by atoms with Gasteiger partial charge in [-0.1, -0.05) is 0 Å². The molecule has 1 amide bonds. The van der Waals surface area contributed by atoms with Gasteiger partial charge in [0.2, 0.25) is 5.91 Å². The van der Waals surface area contributed by atoms with Gasteiger partial charge in [0.25, 0.3) is 0 Å². The highest BCUT2D eigenvalue weighted by molar-refractivity contribution is 6.00. The van der Waals surface area contributed by atoms with E-state index in [2.05, 4.69) is 10.3 Å². The van der Waals surface area contributed by atoms with Crippen LogP contribution in [-0.2, 0) is 11.2 Å². The molecule has 0 aliphatic carbocycles. The molecule has 1 aromatic carbocycles. The number of fused-ring (bicyclic) bond motifs is 1. The lowest BCUT2D eigenvalue weighted by molar-refractivity contribution is -0.117. The average molecular weight is 318 g/mol. The topological polar surface area (TPSA) is 74.2 Å². The van der Waals surface area contributed by atoms with E-state index < -0.39 is 5.91 Å². The number of aromatic nitrogens is 1. The van der Waals surface area contributed by atoms with Crippen molar-refractivity contribution in [2.24, 2.45) is 5.73 Å². The fraction of sp³-hybridized carbons (Fsp3) is 0.471. The number of primary amides is 1. The van der Waals surface area contributed by atoms with Crippen LogP contribution in [0.2, 0.25) is 0 Å². The SMILES string of the molecule is Cc1[nH]c2c(CC(N)=O)cc(F)c(N(C)[C@H]3CCNC3)c2c1C. The number of likely N-dealkylation sites (N-methyl/N-ethyl adjacent to an activating group) is 1. The number of hydrogen-bond donors (Lipinski definition) is 3. The molecular formula is C17H23FN4O. The van der Waals surface area contributed by atoms with Crippen LogP contribution < -0.4 is 16.0 Å². The van der Waals surface area contributed by atoms with Crippen molar-refractivity contribution in [3.8, 4) is 0 Å². The highest BCUT2D eigenvalue weighted by atomic mass is 19.1. The zero-order chi connectivity index (χ0) is 16.7. The fourth-order valence-corrected chi connectivity index (χ4v) is 3.49. The van der Waals surface area contributed by atoms with Gasteiger partial charge in [-0.25, -0.2) is 4.39 Å². The van der Waals surface area contributed by atoms with Crippen molar-refractivity contribution in [2.45, 2.75) is 32.7 Å². The van der Waals surface area contributed by atoms with Crippen molar-refractivity contribution in [3.63, 3.8) is 0 Å². The monoisotopic (exact) mass is 318 g/mol. The first-order valence-corrected chi connectivity index (χ1v) is 7.92. The molecule has 3 rings (SSSR count). The van der Waals surface area contributed by atoms with E-state index in [9.17, 15) is 9.18 Å². The summed E-state index contributed by atoms with van der Waals surface area (Å²) in [5, 5.41) is 4.17. The third-order valence-electron chi connectivity index (χ3n) is 4.88. The van der Waals surface area contributed by atoms with E-state index in [1.54, 1.807) is 0 Å². The predicted octanol–water partition coefficient (Wildman–Crippen LogP) is 1.75. The van der Waals surface area contributed by atoms with Gasteiger partial charge in [-0.2, -0.15) is 0 Å². The first kappa shape index (κ1) is 15.8. The van der Waals surface area contributed by atoms with Crippen LogP contribution in [0.4, 0.5) is 10.1 Å². The molecule has 1 atom stereocenters. The number of anilines is 1. The number of nitrogens with two attached hydrogens (primary N) is 1. The molecule has 1 fully saturated rings. The highest BCUT2D eigenvalue weighted by Crippen LogP contribution is 2.37. The minimum absolute atomic E-state index is 0.0296. The lowest BCUT2D eigenvalue weighted by Gasteiger charge is -2.28. The second-order valence-electron chi connectivity index (χ2n) is 6.39. The normalized spacial score (nSPS) is 17.8. The van der Waals surface area contributed by atoms with E-state index in [1.807, 2.05) is 25.8 Å². The number of aryl methyl sites for hydroxylation is 2. The Hall–Kier alpha value is -2.08. The Bertz CT molecular complexity index is 762. The number of aromatic amines is 1. The van der Waals surface area contributed by atoms with Crippen LogP contribution in [0.15, 0.2) is 6.07 Å². The molecule has 0 bridgehead atoms. The van der Waals surface area contributed by atoms with Crippen LogP contribution in [-0.4, -0.2) is 37.1 Å². The second-order valence-corrected chi connectivity index (χ2v) is 6.39. The first-order valence-electron chi connectivity index (χ1n) is 7.92. The minimum Gasteiger partial charge on any atom is -0.369 e. The van der Waals surface area contributed by atoms with Gasteiger partial charge in [0.15, 0.2) is 0 Å². The number of rotatable bonds is 4. The van der Waals surface area contributed by atoms with Crippen LogP contribution >= 0.6 is 0 Å². The Kier molecular flexibility index (Phi) is 4.02. The van der Waals surface area contributed by atoms with Crippen LogP contribution in [0, 0.1) is 19.7 Å². The zero-order valence-corrected chi connectivity index (χ0v) is 13.8. The number of nitrogens with one attached hydrogen (secondary N) is 2. The lowest BCUT2D eigenvalue weighted by atomic mass is 10.0. The van der Waals surface area contributed by atoms with Crippen molar-refractivity contribution in [2.75, 3.05) is 25.0 Å². The number of halogens is 1. The molecule has 1 aromatic heterocycles. The molecule has 1 saturated heterocycles. The molecule has 1 aliphatic rings. The van der Waals surface area contributed by atoms with Crippen LogP contribution in [0.5, 0.6) is 0 Å². The van der Waals surface area contributed by atoms with Gasteiger partial charge in [0.1, 0.15) is 5.82 Å². The Morgan fingerprint density at radius 2 is 2.22 bits per heavy atom. The van der Waals surface area contributed by atoms with Gasteiger partial charge < -0.3 is 20.9 Å². The number of H-pyrrole nitrogens is 1. The molecule has 124 valence electrons. The lowest BCUT2D eigenvalue weighted by Crippen LogP contribution is -2.34. The van der Waals surface area contributed by atoms with Gasteiger partial charge in [-0.05, 0) is 44.0 Å². The van der Waals surface area contributed by atoms with Gasteiger partial charge in [-0.15, -0.1) is 0 Å². The summed E-state index contributed by atoms with van der Waals surface area (Å²) in [4.78, 5) is 16.6. The smallest absolute Gasteiger partial charge is 0.221 e. The van der Waals surface area contributed by atoms with E-state index in [0.29, 0.717) is 11.3 Å². The Morgan fingerprint density at radius 1 is 1.48 bits per heavy atom. The number of carbonyl (C=O) groups excluding carboxylic acids is 1. The predicted molar refractivity (Wildman–Crippen MR) is 90.3 cm³/mol. The molecule has 23 heavy (non-hydrogen) atoms. The Balaban J connectivity index is 2.21. The van der Waals surface area contributed by atoms with Gasteiger partial charge in [0.05, 0.1) is 17.6 Å². The number of benzene rings is 1.